The predicted molar refractivity (Wildman–Crippen MR) is 91.6 cm³/mol. The summed E-state index contributed by atoms with van der Waals surface area (Å²) in [6.07, 6.45) is 5.27. The van der Waals surface area contributed by atoms with Crippen LogP contribution in [0.1, 0.15) is 30.3 Å². The minimum Gasteiger partial charge on any atom is -0.462 e. The van der Waals surface area contributed by atoms with Crippen molar-refractivity contribution in [1.29, 1.82) is 0 Å². The number of aromatic nitrogens is 1. The first-order valence-corrected chi connectivity index (χ1v) is 8.68. The van der Waals surface area contributed by atoms with Crippen molar-refractivity contribution in [3.63, 3.8) is 0 Å². The van der Waals surface area contributed by atoms with Crippen molar-refractivity contribution < 1.29 is 14.0 Å². The smallest absolute Gasteiger partial charge is 0.295 e. The fourth-order valence-electron chi connectivity index (χ4n) is 4.03. The first-order chi connectivity index (χ1) is 12.1. The molecule has 0 radical (unpaired) electrons. The zero-order valence-electron chi connectivity index (χ0n) is 14.5. The second kappa shape index (κ2) is 6.15. The Morgan fingerprint density at radius 1 is 1.28 bits per heavy atom. The van der Waals surface area contributed by atoms with Crippen LogP contribution in [0.3, 0.4) is 0 Å². The lowest BCUT2D eigenvalue weighted by molar-refractivity contribution is -0.148. The van der Waals surface area contributed by atoms with E-state index in [0.717, 1.165) is 37.9 Å². The van der Waals surface area contributed by atoms with E-state index in [1.54, 1.807) is 30.6 Å². The maximum atomic E-state index is 13.4. The third-order valence-corrected chi connectivity index (χ3v) is 5.49. The van der Waals surface area contributed by atoms with E-state index in [9.17, 15) is 9.59 Å². The summed E-state index contributed by atoms with van der Waals surface area (Å²) in [6.45, 7) is 4.41. The Morgan fingerprint density at radius 3 is 2.68 bits per heavy atom. The molecule has 5 heterocycles. The molecule has 2 bridgehead atoms. The van der Waals surface area contributed by atoms with Crippen LogP contribution in [0, 0.1) is 5.92 Å². The Kier molecular flexibility index (Phi) is 3.95. The molecule has 3 saturated heterocycles. The number of pyridine rings is 1. The molecule has 2 aromatic rings. The number of fused-ring (bicyclic) bond motifs is 4. The summed E-state index contributed by atoms with van der Waals surface area (Å²) in [7, 11) is 1.65. The molecule has 7 nitrogen and oxygen atoms in total. The number of hydrogen-bond donors (Lipinski definition) is 0. The average molecular weight is 342 g/mol. The number of amides is 2. The first kappa shape index (κ1) is 16.1. The van der Waals surface area contributed by atoms with E-state index < -0.39 is 0 Å². The molecular weight excluding hydrogens is 320 g/mol. The molecule has 1 atom stereocenters. The standard InChI is InChI=1S/C18H22N4O3/c1-12(23)20(2)22(15-11-21-8-4-13(15)5-9-21)18(24)16-17-14(3-7-19-16)6-10-25-17/h3,6-7,10,13,15H,4-5,8-9,11H2,1-2H3/t15-/m0/s1. The summed E-state index contributed by atoms with van der Waals surface area (Å²) in [5, 5.41) is 3.86. The zero-order valence-corrected chi connectivity index (χ0v) is 14.5. The van der Waals surface area contributed by atoms with Gasteiger partial charge in [-0.1, -0.05) is 0 Å². The lowest BCUT2D eigenvalue weighted by atomic mass is 9.83. The van der Waals surface area contributed by atoms with Gasteiger partial charge in [-0.15, -0.1) is 0 Å². The normalized spacial score (nSPS) is 25.1. The highest BCUT2D eigenvalue weighted by Gasteiger charge is 2.42. The van der Waals surface area contributed by atoms with Gasteiger partial charge in [-0.05, 0) is 44.0 Å². The number of hydrazine groups is 1. The first-order valence-electron chi connectivity index (χ1n) is 8.68. The van der Waals surface area contributed by atoms with Gasteiger partial charge in [-0.2, -0.15) is 0 Å². The molecule has 0 unspecified atom stereocenters. The van der Waals surface area contributed by atoms with Crippen LogP contribution in [0.2, 0.25) is 0 Å². The highest BCUT2D eigenvalue weighted by atomic mass is 16.3. The van der Waals surface area contributed by atoms with Crippen molar-refractivity contribution >= 4 is 22.8 Å². The zero-order chi connectivity index (χ0) is 17.6. The average Bonchev–Trinajstić information content (AvgIpc) is 3.11. The van der Waals surface area contributed by atoms with Crippen molar-refractivity contribution in [1.82, 2.24) is 19.9 Å². The Bertz CT molecular complexity index is 810. The van der Waals surface area contributed by atoms with Gasteiger partial charge in [0, 0.05) is 32.1 Å². The molecule has 3 aliphatic rings. The maximum Gasteiger partial charge on any atom is 0.295 e. The van der Waals surface area contributed by atoms with Crippen LogP contribution < -0.4 is 0 Å². The molecule has 0 N–H and O–H groups in total. The number of carbonyl (C=O) groups is 2. The fourth-order valence-corrected chi connectivity index (χ4v) is 4.03. The third-order valence-electron chi connectivity index (χ3n) is 5.49. The summed E-state index contributed by atoms with van der Waals surface area (Å²) >= 11 is 0. The van der Waals surface area contributed by atoms with Gasteiger partial charge in [-0.3, -0.25) is 14.6 Å². The summed E-state index contributed by atoms with van der Waals surface area (Å²) in [6, 6.07) is 3.60. The Balaban J connectivity index is 1.74. The minimum absolute atomic E-state index is 0.0177. The molecule has 5 rings (SSSR count). The highest BCUT2D eigenvalue weighted by Crippen LogP contribution is 2.33. The van der Waals surface area contributed by atoms with Crippen LogP contribution in [0.25, 0.3) is 11.0 Å². The van der Waals surface area contributed by atoms with Crippen LogP contribution >= 0.6 is 0 Å². The molecular formula is C18H22N4O3. The van der Waals surface area contributed by atoms with Gasteiger partial charge in [0.1, 0.15) is 0 Å². The number of carbonyl (C=O) groups excluding carboxylic acids is 2. The van der Waals surface area contributed by atoms with Gasteiger partial charge in [0.05, 0.1) is 12.3 Å². The molecule has 0 spiro atoms. The number of hydrogen-bond acceptors (Lipinski definition) is 5. The van der Waals surface area contributed by atoms with E-state index in [-0.39, 0.29) is 23.6 Å². The van der Waals surface area contributed by atoms with Gasteiger partial charge in [-0.25, -0.2) is 9.99 Å². The van der Waals surface area contributed by atoms with Gasteiger partial charge in [0.15, 0.2) is 11.3 Å². The van der Waals surface area contributed by atoms with E-state index >= 15 is 0 Å². The molecule has 2 amide bonds. The number of rotatable bonds is 2. The Labute approximate surface area is 146 Å². The number of nitrogens with zero attached hydrogens (tertiary/aromatic N) is 4. The molecule has 3 aliphatic heterocycles. The molecule has 0 aliphatic carbocycles. The van der Waals surface area contributed by atoms with Crippen molar-refractivity contribution in [3.8, 4) is 0 Å². The van der Waals surface area contributed by atoms with Gasteiger partial charge >= 0.3 is 0 Å². The second-order valence-corrected chi connectivity index (χ2v) is 6.90. The third kappa shape index (κ3) is 2.68. The quantitative estimate of drug-likeness (QED) is 0.778. The van der Waals surface area contributed by atoms with E-state index in [2.05, 4.69) is 9.88 Å². The number of piperidine rings is 3. The summed E-state index contributed by atoms with van der Waals surface area (Å²) < 4.78 is 5.49. The predicted octanol–water partition coefficient (Wildman–Crippen LogP) is 1.76. The van der Waals surface area contributed by atoms with Crippen molar-refractivity contribution in [2.24, 2.45) is 5.92 Å². The molecule has 2 aromatic heterocycles. The second-order valence-electron chi connectivity index (χ2n) is 6.90. The van der Waals surface area contributed by atoms with E-state index in [4.69, 9.17) is 4.42 Å². The Hall–Kier alpha value is -2.41. The molecule has 0 aromatic carbocycles. The van der Waals surface area contributed by atoms with Crippen molar-refractivity contribution in [3.05, 3.63) is 30.3 Å². The summed E-state index contributed by atoms with van der Waals surface area (Å²) in [4.78, 5) is 32.1. The van der Waals surface area contributed by atoms with E-state index in [0.29, 0.717) is 11.5 Å². The largest absolute Gasteiger partial charge is 0.462 e. The molecule has 0 saturated carbocycles. The van der Waals surface area contributed by atoms with E-state index in [1.165, 1.54) is 11.9 Å². The summed E-state index contributed by atoms with van der Waals surface area (Å²) in [5.74, 6) is -0.0417. The lowest BCUT2D eigenvalue weighted by Gasteiger charge is -2.50. The van der Waals surface area contributed by atoms with E-state index in [1.807, 2.05) is 6.07 Å². The van der Waals surface area contributed by atoms with Gasteiger partial charge < -0.3 is 9.32 Å². The van der Waals surface area contributed by atoms with Crippen LogP contribution in [0.15, 0.2) is 29.0 Å². The fraction of sp³-hybridized carbons (Fsp3) is 0.500. The van der Waals surface area contributed by atoms with Crippen LogP contribution in [0.4, 0.5) is 0 Å². The van der Waals surface area contributed by atoms with Gasteiger partial charge in [0.2, 0.25) is 5.91 Å². The highest BCUT2D eigenvalue weighted by molar-refractivity contribution is 6.03. The molecule has 25 heavy (non-hydrogen) atoms. The minimum atomic E-state index is -0.281. The molecule has 7 heteroatoms. The lowest BCUT2D eigenvalue weighted by Crippen LogP contribution is -2.63. The number of furan rings is 1. The Morgan fingerprint density at radius 2 is 2.04 bits per heavy atom. The van der Waals surface area contributed by atoms with Crippen molar-refractivity contribution in [2.45, 2.75) is 25.8 Å². The van der Waals surface area contributed by atoms with Crippen LogP contribution in [0.5, 0.6) is 0 Å². The monoisotopic (exact) mass is 342 g/mol. The SMILES string of the molecule is CC(=O)N(C)N(C(=O)c1nccc2ccoc12)[C@H]1CN2CCC1CC2. The van der Waals surface area contributed by atoms with Crippen molar-refractivity contribution in [2.75, 3.05) is 26.7 Å². The topological polar surface area (TPSA) is 69.9 Å². The molecule has 3 fully saturated rings. The maximum absolute atomic E-state index is 13.4. The summed E-state index contributed by atoms with van der Waals surface area (Å²) in [5.41, 5.74) is 0.725. The van der Waals surface area contributed by atoms with Gasteiger partial charge in [0.25, 0.3) is 5.91 Å². The van der Waals surface area contributed by atoms with Crippen LogP contribution in [-0.4, -0.2) is 64.4 Å². The van der Waals surface area contributed by atoms with Crippen LogP contribution in [-0.2, 0) is 4.79 Å². The molecule has 132 valence electrons.